The summed E-state index contributed by atoms with van der Waals surface area (Å²) in [5.41, 5.74) is 6.64. The normalized spacial score (nSPS) is 27.4. The average Bonchev–Trinajstić information content (AvgIpc) is 2.93. The summed E-state index contributed by atoms with van der Waals surface area (Å²) < 4.78 is 0. The molecule has 1 saturated heterocycles. The van der Waals surface area contributed by atoms with Crippen LogP contribution in [0.4, 0.5) is 0 Å². The smallest absolute Gasteiger partial charge is 0.234 e. The molecule has 1 aromatic rings. The lowest BCUT2D eigenvalue weighted by atomic mass is 9.84. The molecule has 3 rings (SSSR count). The topological polar surface area (TPSA) is 75.4 Å². The predicted molar refractivity (Wildman–Crippen MR) is 88.3 cm³/mol. The minimum Gasteiger partial charge on any atom is -0.368 e. The summed E-state index contributed by atoms with van der Waals surface area (Å²) in [6, 6.07) is 9.89. The first-order chi connectivity index (χ1) is 11.1. The molecule has 23 heavy (non-hydrogen) atoms. The van der Waals surface area contributed by atoms with Gasteiger partial charge < -0.3 is 11.1 Å². The molecule has 5 nitrogen and oxygen atoms in total. The van der Waals surface area contributed by atoms with Crippen LogP contribution >= 0.6 is 0 Å². The van der Waals surface area contributed by atoms with Gasteiger partial charge in [-0.25, -0.2) is 0 Å². The molecular weight excluding hydrogens is 290 g/mol. The van der Waals surface area contributed by atoms with E-state index in [-0.39, 0.29) is 24.4 Å². The maximum Gasteiger partial charge on any atom is 0.234 e. The van der Waals surface area contributed by atoms with Gasteiger partial charge in [0.15, 0.2) is 0 Å². The van der Waals surface area contributed by atoms with Crippen LogP contribution in [0, 0.1) is 5.92 Å². The second kappa shape index (κ2) is 7.13. The first kappa shape index (κ1) is 16.0. The van der Waals surface area contributed by atoms with Crippen molar-refractivity contribution in [3.8, 4) is 0 Å². The van der Waals surface area contributed by atoms with Gasteiger partial charge in [0.1, 0.15) is 0 Å². The molecule has 2 aliphatic rings. The summed E-state index contributed by atoms with van der Waals surface area (Å²) in [6.07, 6.45) is 5.43. The van der Waals surface area contributed by atoms with Crippen LogP contribution in [0.2, 0.25) is 0 Å². The number of fused-ring (bicyclic) bond motifs is 1. The molecular formula is C18H25N3O2. The zero-order valence-electron chi connectivity index (χ0n) is 13.4. The molecule has 5 heteroatoms. The fraction of sp³-hybridized carbons (Fsp3) is 0.556. The summed E-state index contributed by atoms with van der Waals surface area (Å²) in [7, 11) is 0. The Bertz CT molecular complexity index is 561. The largest absolute Gasteiger partial charge is 0.368 e. The van der Waals surface area contributed by atoms with Crippen LogP contribution in [-0.2, 0) is 16.1 Å². The second-order valence-corrected chi connectivity index (χ2v) is 6.70. The van der Waals surface area contributed by atoms with Gasteiger partial charge in [0.25, 0.3) is 0 Å². The number of benzene rings is 1. The highest BCUT2D eigenvalue weighted by molar-refractivity contribution is 5.83. The summed E-state index contributed by atoms with van der Waals surface area (Å²) in [6.45, 7) is 0.782. The zero-order valence-corrected chi connectivity index (χ0v) is 13.4. The van der Waals surface area contributed by atoms with E-state index in [9.17, 15) is 9.59 Å². The van der Waals surface area contributed by atoms with Crippen molar-refractivity contribution in [2.24, 2.45) is 11.7 Å². The van der Waals surface area contributed by atoms with Crippen molar-refractivity contribution in [2.45, 2.75) is 50.7 Å². The van der Waals surface area contributed by atoms with E-state index in [1.54, 1.807) is 0 Å². The number of primary amides is 1. The van der Waals surface area contributed by atoms with Crippen LogP contribution in [0.25, 0.3) is 0 Å². The molecule has 3 N–H and O–H groups in total. The van der Waals surface area contributed by atoms with Crippen LogP contribution in [0.3, 0.4) is 0 Å². The monoisotopic (exact) mass is 315 g/mol. The van der Waals surface area contributed by atoms with E-state index in [1.807, 2.05) is 35.2 Å². The van der Waals surface area contributed by atoms with Gasteiger partial charge in [-0.05, 0) is 30.7 Å². The number of amides is 2. The molecule has 0 aromatic heterocycles. The number of carbonyl (C=O) groups excluding carboxylic acids is 2. The lowest BCUT2D eigenvalue weighted by molar-refractivity contribution is -0.126. The molecule has 1 heterocycles. The quantitative estimate of drug-likeness (QED) is 0.863. The minimum absolute atomic E-state index is 0.0358. The number of nitrogens with two attached hydrogens (primary N) is 1. The molecule has 1 aliphatic heterocycles. The third kappa shape index (κ3) is 3.72. The van der Waals surface area contributed by atoms with Crippen LogP contribution < -0.4 is 11.1 Å². The lowest BCUT2D eigenvalue weighted by Crippen LogP contribution is -2.49. The first-order valence-electron chi connectivity index (χ1n) is 8.51. The Morgan fingerprint density at radius 3 is 2.65 bits per heavy atom. The summed E-state index contributed by atoms with van der Waals surface area (Å²) in [5, 5.41) is 2.95. The molecule has 1 aliphatic carbocycles. The number of rotatable bonds is 5. The van der Waals surface area contributed by atoms with Crippen molar-refractivity contribution in [3.05, 3.63) is 35.9 Å². The molecule has 0 radical (unpaired) electrons. The number of nitrogens with one attached hydrogen (secondary N) is 1. The Morgan fingerprint density at radius 1 is 1.17 bits per heavy atom. The number of likely N-dealkylation sites (tertiary alicyclic amines) is 1. The summed E-state index contributed by atoms with van der Waals surface area (Å²) in [4.78, 5) is 26.1. The fourth-order valence-electron chi connectivity index (χ4n) is 4.08. The predicted octanol–water partition coefficient (Wildman–Crippen LogP) is 1.42. The standard InChI is InChI=1S/C18H25N3O2/c19-18(23)16-10-14-8-4-5-9-15(14)21(16)12-17(22)20-11-13-6-2-1-3-7-13/h1-3,6-7,14-16H,4-5,8-12H2,(H2,19,23)(H,20,22)/t14-,15-,16+/m1/s1. The number of hydrogen-bond acceptors (Lipinski definition) is 3. The molecule has 0 unspecified atom stereocenters. The third-order valence-electron chi connectivity index (χ3n) is 5.21. The van der Waals surface area contributed by atoms with Gasteiger partial charge in [-0.1, -0.05) is 43.2 Å². The average molecular weight is 315 g/mol. The van der Waals surface area contributed by atoms with Crippen molar-refractivity contribution >= 4 is 11.8 Å². The molecule has 0 bridgehead atoms. The van der Waals surface area contributed by atoms with Gasteiger partial charge in [0.2, 0.25) is 11.8 Å². The highest BCUT2D eigenvalue weighted by Gasteiger charge is 2.44. The maximum absolute atomic E-state index is 12.3. The van der Waals surface area contributed by atoms with E-state index in [4.69, 9.17) is 5.73 Å². The Balaban J connectivity index is 1.59. The summed E-state index contributed by atoms with van der Waals surface area (Å²) >= 11 is 0. The Hall–Kier alpha value is -1.88. The van der Waals surface area contributed by atoms with Crippen LogP contribution in [0.1, 0.15) is 37.7 Å². The second-order valence-electron chi connectivity index (χ2n) is 6.70. The Labute approximate surface area is 137 Å². The van der Waals surface area contributed by atoms with E-state index in [0.717, 1.165) is 24.8 Å². The number of hydrogen-bond donors (Lipinski definition) is 2. The Kier molecular flexibility index (Phi) is 4.96. The van der Waals surface area contributed by atoms with Gasteiger partial charge in [0.05, 0.1) is 12.6 Å². The molecule has 1 saturated carbocycles. The van der Waals surface area contributed by atoms with Gasteiger partial charge >= 0.3 is 0 Å². The zero-order chi connectivity index (χ0) is 16.2. The highest BCUT2D eigenvalue weighted by Crippen LogP contribution is 2.39. The fourth-order valence-corrected chi connectivity index (χ4v) is 4.08. The summed E-state index contributed by atoms with van der Waals surface area (Å²) in [5.74, 6) is 0.185. The third-order valence-corrected chi connectivity index (χ3v) is 5.21. The molecule has 124 valence electrons. The van der Waals surface area contributed by atoms with E-state index in [1.165, 1.54) is 12.8 Å². The van der Waals surface area contributed by atoms with E-state index in [0.29, 0.717) is 18.5 Å². The van der Waals surface area contributed by atoms with Crippen molar-refractivity contribution in [3.63, 3.8) is 0 Å². The van der Waals surface area contributed by atoms with E-state index >= 15 is 0 Å². The molecule has 0 spiro atoms. The molecule has 2 amide bonds. The maximum atomic E-state index is 12.3. The lowest BCUT2D eigenvalue weighted by Gasteiger charge is -2.32. The van der Waals surface area contributed by atoms with Crippen molar-refractivity contribution in [1.29, 1.82) is 0 Å². The van der Waals surface area contributed by atoms with Gasteiger partial charge in [-0.2, -0.15) is 0 Å². The van der Waals surface area contributed by atoms with Gasteiger partial charge in [0, 0.05) is 12.6 Å². The van der Waals surface area contributed by atoms with Crippen molar-refractivity contribution < 1.29 is 9.59 Å². The van der Waals surface area contributed by atoms with Gasteiger partial charge in [-0.3, -0.25) is 14.5 Å². The number of carbonyl (C=O) groups is 2. The van der Waals surface area contributed by atoms with Crippen molar-refractivity contribution in [2.75, 3.05) is 6.54 Å². The molecule has 2 fully saturated rings. The number of nitrogens with zero attached hydrogens (tertiary/aromatic N) is 1. The van der Waals surface area contributed by atoms with E-state index in [2.05, 4.69) is 5.32 Å². The minimum atomic E-state index is -0.296. The SMILES string of the molecule is NC(=O)[C@@H]1C[C@H]2CCCC[C@H]2N1CC(=O)NCc1ccccc1. The Morgan fingerprint density at radius 2 is 1.91 bits per heavy atom. The molecule has 3 atom stereocenters. The van der Waals surface area contributed by atoms with Crippen LogP contribution in [-0.4, -0.2) is 35.3 Å². The highest BCUT2D eigenvalue weighted by atomic mass is 16.2. The van der Waals surface area contributed by atoms with Crippen LogP contribution in [0.15, 0.2) is 30.3 Å². The van der Waals surface area contributed by atoms with Crippen LogP contribution in [0.5, 0.6) is 0 Å². The first-order valence-corrected chi connectivity index (χ1v) is 8.51. The molecule has 1 aromatic carbocycles. The van der Waals surface area contributed by atoms with E-state index < -0.39 is 0 Å². The van der Waals surface area contributed by atoms with Gasteiger partial charge in [-0.15, -0.1) is 0 Å². The van der Waals surface area contributed by atoms with Crippen molar-refractivity contribution in [1.82, 2.24) is 10.2 Å².